The summed E-state index contributed by atoms with van der Waals surface area (Å²) in [6.45, 7) is 1.82. The number of hydrogen-bond donors (Lipinski definition) is 0. The molecule has 1 aliphatic rings. The number of ether oxygens (including phenoxy) is 2. The number of fused-ring (bicyclic) bond motifs is 3. The van der Waals surface area contributed by atoms with Gasteiger partial charge in [0.25, 0.3) is 0 Å². The van der Waals surface area contributed by atoms with Crippen LogP contribution in [0.25, 0.3) is 11.1 Å². The van der Waals surface area contributed by atoms with E-state index in [0.29, 0.717) is 11.1 Å². The highest BCUT2D eigenvalue weighted by Gasteiger charge is 2.40. The van der Waals surface area contributed by atoms with Gasteiger partial charge in [0.05, 0.1) is 12.2 Å². The Bertz CT molecular complexity index is 753. The van der Waals surface area contributed by atoms with Crippen LogP contribution in [-0.4, -0.2) is 12.6 Å². The van der Waals surface area contributed by atoms with Crippen LogP contribution in [-0.2, 0) is 15.7 Å². The number of alkyl halides is 3. The maximum Gasteiger partial charge on any atom is 0.417 e. The molecule has 3 nitrogen and oxygen atoms in total. The van der Waals surface area contributed by atoms with Gasteiger partial charge in [0, 0.05) is 11.1 Å². The maximum absolute atomic E-state index is 13.3. The number of carbonyl (C=O) groups is 1. The van der Waals surface area contributed by atoms with Crippen LogP contribution in [0.15, 0.2) is 42.5 Å². The zero-order chi connectivity index (χ0) is 16.6. The van der Waals surface area contributed by atoms with E-state index in [9.17, 15) is 18.0 Å². The Balaban J connectivity index is 2.20. The van der Waals surface area contributed by atoms with Crippen molar-refractivity contribution in [1.29, 1.82) is 0 Å². The minimum atomic E-state index is -4.52. The molecule has 23 heavy (non-hydrogen) atoms. The second-order valence-corrected chi connectivity index (χ2v) is 5.01. The molecule has 0 bridgehead atoms. The molecule has 0 fully saturated rings. The molecule has 2 aromatic carbocycles. The van der Waals surface area contributed by atoms with Crippen LogP contribution >= 0.6 is 0 Å². The third-order valence-electron chi connectivity index (χ3n) is 3.59. The fourth-order valence-corrected chi connectivity index (χ4v) is 2.68. The first kappa shape index (κ1) is 15.4. The van der Waals surface area contributed by atoms with Crippen molar-refractivity contribution in [2.75, 3.05) is 6.61 Å². The van der Waals surface area contributed by atoms with E-state index < -0.39 is 23.8 Å². The number of hydrogen-bond acceptors (Lipinski definition) is 3. The molecule has 0 aromatic heterocycles. The molecule has 0 saturated heterocycles. The van der Waals surface area contributed by atoms with Crippen LogP contribution in [0.1, 0.15) is 24.2 Å². The van der Waals surface area contributed by atoms with Gasteiger partial charge in [-0.2, -0.15) is 13.2 Å². The average Bonchev–Trinajstić information content (AvgIpc) is 2.52. The van der Waals surface area contributed by atoms with E-state index in [0.717, 1.165) is 6.07 Å². The van der Waals surface area contributed by atoms with Crippen LogP contribution < -0.4 is 4.74 Å². The molecule has 1 aliphatic heterocycles. The zero-order valence-corrected chi connectivity index (χ0v) is 12.2. The van der Waals surface area contributed by atoms with E-state index in [2.05, 4.69) is 0 Å². The highest BCUT2D eigenvalue weighted by molar-refractivity contribution is 5.87. The van der Waals surface area contributed by atoms with E-state index in [1.807, 2.05) is 0 Å². The fourth-order valence-electron chi connectivity index (χ4n) is 2.68. The lowest BCUT2D eigenvalue weighted by Crippen LogP contribution is -2.25. The van der Waals surface area contributed by atoms with Gasteiger partial charge in [0.15, 0.2) is 0 Å². The van der Waals surface area contributed by atoms with Crippen molar-refractivity contribution in [1.82, 2.24) is 0 Å². The molecule has 0 saturated carbocycles. The maximum atomic E-state index is 13.3. The molecule has 1 unspecified atom stereocenters. The Hall–Kier alpha value is -2.50. The van der Waals surface area contributed by atoms with Gasteiger partial charge in [0.2, 0.25) is 6.10 Å². The summed E-state index contributed by atoms with van der Waals surface area (Å²) in [7, 11) is 0. The van der Waals surface area contributed by atoms with E-state index in [1.165, 1.54) is 12.1 Å². The third-order valence-corrected chi connectivity index (χ3v) is 3.59. The molecule has 2 aromatic rings. The summed E-state index contributed by atoms with van der Waals surface area (Å²) in [5.74, 6) is -0.598. The van der Waals surface area contributed by atoms with Gasteiger partial charge in [-0.25, -0.2) is 4.79 Å². The smallest absolute Gasteiger partial charge is 0.417 e. The lowest BCUT2D eigenvalue weighted by molar-refractivity contribution is -0.151. The second kappa shape index (κ2) is 5.61. The normalized spacial score (nSPS) is 16.1. The van der Waals surface area contributed by atoms with Gasteiger partial charge < -0.3 is 9.47 Å². The molecule has 0 N–H and O–H groups in total. The van der Waals surface area contributed by atoms with Gasteiger partial charge in [-0.1, -0.05) is 30.3 Å². The SMILES string of the molecule is CCOC(=O)C1Oc2cccc(C(F)(F)F)c2-c2ccccc21. The van der Waals surface area contributed by atoms with Crippen LogP contribution in [0.5, 0.6) is 5.75 Å². The highest BCUT2D eigenvalue weighted by atomic mass is 19.4. The van der Waals surface area contributed by atoms with Gasteiger partial charge >= 0.3 is 12.1 Å². The first-order valence-electron chi connectivity index (χ1n) is 7.06. The number of halogens is 3. The van der Waals surface area contributed by atoms with Crippen LogP contribution in [0.4, 0.5) is 13.2 Å². The van der Waals surface area contributed by atoms with Gasteiger partial charge in [-0.05, 0) is 24.6 Å². The Morgan fingerprint density at radius 2 is 1.91 bits per heavy atom. The predicted octanol–water partition coefficient (Wildman–Crippen LogP) is 4.37. The second-order valence-electron chi connectivity index (χ2n) is 5.01. The predicted molar refractivity (Wildman–Crippen MR) is 76.9 cm³/mol. The minimum absolute atomic E-state index is 0.0246. The number of carbonyl (C=O) groups excluding carboxylic acids is 1. The highest BCUT2D eigenvalue weighted by Crippen LogP contribution is 2.48. The van der Waals surface area contributed by atoms with Gasteiger partial charge in [-0.3, -0.25) is 0 Å². The van der Waals surface area contributed by atoms with Gasteiger partial charge in [-0.15, -0.1) is 0 Å². The van der Waals surface area contributed by atoms with Crippen LogP contribution in [0, 0.1) is 0 Å². The average molecular weight is 322 g/mol. The minimum Gasteiger partial charge on any atom is -0.473 e. The zero-order valence-electron chi connectivity index (χ0n) is 12.2. The summed E-state index contributed by atoms with van der Waals surface area (Å²) in [5.41, 5.74) is -0.129. The Kier molecular flexibility index (Phi) is 3.75. The van der Waals surface area contributed by atoms with Crippen molar-refractivity contribution in [2.24, 2.45) is 0 Å². The topological polar surface area (TPSA) is 35.5 Å². The van der Waals surface area contributed by atoms with Crippen molar-refractivity contribution in [3.05, 3.63) is 53.6 Å². The van der Waals surface area contributed by atoms with E-state index >= 15 is 0 Å². The molecule has 3 rings (SSSR count). The van der Waals surface area contributed by atoms with Crippen LogP contribution in [0.2, 0.25) is 0 Å². The van der Waals surface area contributed by atoms with E-state index in [4.69, 9.17) is 9.47 Å². The van der Waals surface area contributed by atoms with Crippen molar-refractivity contribution >= 4 is 5.97 Å². The first-order valence-corrected chi connectivity index (χ1v) is 7.06. The summed E-state index contributed by atoms with van der Waals surface area (Å²) in [5, 5.41) is 0. The monoisotopic (exact) mass is 322 g/mol. The molecule has 0 aliphatic carbocycles. The third kappa shape index (κ3) is 2.65. The summed E-state index contributed by atoms with van der Waals surface area (Å²) < 4.78 is 50.4. The molecule has 1 atom stereocenters. The number of benzene rings is 2. The molecule has 1 heterocycles. The summed E-state index contributed by atoms with van der Waals surface area (Å²) in [4.78, 5) is 12.1. The van der Waals surface area contributed by atoms with Gasteiger partial charge in [0.1, 0.15) is 5.75 Å². The molecule has 0 amide bonds. The summed E-state index contributed by atoms with van der Waals surface area (Å²) >= 11 is 0. The standard InChI is InChI=1S/C17H13F3O3/c1-2-22-16(21)15-11-7-4-3-6-10(11)14-12(17(18,19)20)8-5-9-13(14)23-15/h3-9,15H,2H2,1H3. The molecular weight excluding hydrogens is 309 g/mol. The number of rotatable bonds is 2. The van der Waals surface area contributed by atoms with Crippen molar-refractivity contribution < 1.29 is 27.4 Å². The summed E-state index contributed by atoms with van der Waals surface area (Å²) in [6, 6.07) is 10.1. The number of esters is 1. The molecule has 6 heteroatoms. The lowest BCUT2D eigenvalue weighted by atomic mass is 9.89. The largest absolute Gasteiger partial charge is 0.473 e. The molecule has 0 spiro atoms. The van der Waals surface area contributed by atoms with Crippen molar-refractivity contribution in [3.8, 4) is 16.9 Å². The summed E-state index contributed by atoms with van der Waals surface area (Å²) in [6.07, 6.45) is -5.58. The van der Waals surface area contributed by atoms with E-state index in [-0.39, 0.29) is 17.9 Å². The fraction of sp³-hybridized carbons (Fsp3) is 0.235. The van der Waals surface area contributed by atoms with Crippen LogP contribution in [0.3, 0.4) is 0 Å². The Labute approximate surface area is 130 Å². The van der Waals surface area contributed by atoms with Crippen molar-refractivity contribution in [3.63, 3.8) is 0 Å². The molecule has 0 radical (unpaired) electrons. The lowest BCUT2D eigenvalue weighted by Gasteiger charge is -2.29. The molecule has 120 valence electrons. The quantitative estimate of drug-likeness (QED) is 0.770. The molecular formula is C17H13F3O3. The van der Waals surface area contributed by atoms with E-state index in [1.54, 1.807) is 31.2 Å². The van der Waals surface area contributed by atoms with Crippen molar-refractivity contribution in [2.45, 2.75) is 19.2 Å². The Morgan fingerprint density at radius 1 is 1.17 bits per heavy atom. The first-order chi connectivity index (χ1) is 10.9. The Morgan fingerprint density at radius 3 is 2.61 bits per heavy atom.